The number of aromatic amines is 1. The van der Waals surface area contributed by atoms with Gasteiger partial charge >= 0.3 is 11.7 Å². The van der Waals surface area contributed by atoms with Crippen LogP contribution in [-0.2, 0) is 23.6 Å². The van der Waals surface area contributed by atoms with Gasteiger partial charge in [0, 0.05) is 27.2 Å². The van der Waals surface area contributed by atoms with Gasteiger partial charge in [0.25, 0.3) is 5.56 Å². The molecule has 0 unspecified atom stereocenters. The average Bonchev–Trinajstić information content (AvgIpc) is 3.04. The molecule has 0 aromatic carbocycles. The smallest absolute Gasteiger partial charge is 0.332 e. The quantitative estimate of drug-likeness (QED) is 0.775. The molecule has 1 saturated heterocycles. The van der Waals surface area contributed by atoms with E-state index in [2.05, 4.69) is 9.97 Å². The number of hydrogen-bond acceptors (Lipinski definition) is 6. The van der Waals surface area contributed by atoms with E-state index in [1.165, 1.54) is 11.6 Å². The van der Waals surface area contributed by atoms with Gasteiger partial charge in [-0.3, -0.25) is 18.7 Å². The van der Waals surface area contributed by atoms with Gasteiger partial charge in [0.15, 0.2) is 11.2 Å². The number of esters is 1. The summed E-state index contributed by atoms with van der Waals surface area (Å²) >= 11 is 0. The van der Waals surface area contributed by atoms with Crippen LogP contribution in [0.25, 0.3) is 11.2 Å². The molecule has 2 aromatic rings. The highest BCUT2D eigenvalue weighted by Crippen LogP contribution is 2.23. The standard InChI is InChI=1S/C15H21N5O4/c1-4-24-13(22)9-5-7-20(8-6-9)14-16-10-11(17-14)18(2)15(23)19(3)12(10)21/h9H,4-8H2,1-3H3,(H,16,17). The van der Waals surface area contributed by atoms with E-state index in [0.717, 1.165) is 4.57 Å². The number of ether oxygens (including phenoxy) is 1. The molecule has 24 heavy (non-hydrogen) atoms. The van der Waals surface area contributed by atoms with E-state index in [-0.39, 0.29) is 11.9 Å². The zero-order valence-corrected chi connectivity index (χ0v) is 14.0. The fraction of sp³-hybridized carbons (Fsp3) is 0.600. The number of piperidine rings is 1. The highest BCUT2D eigenvalue weighted by molar-refractivity contribution is 5.74. The highest BCUT2D eigenvalue weighted by atomic mass is 16.5. The van der Waals surface area contributed by atoms with E-state index in [9.17, 15) is 14.4 Å². The molecule has 0 amide bonds. The van der Waals surface area contributed by atoms with Crippen LogP contribution in [0.1, 0.15) is 19.8 Å². The zero-order valence-electron chi connectivity index (χ0n) is 14.0. The number of imidazole rings is 1. The minimum absolute atomic E-state index is 0.0946. The summed E-state index contributed by atoms with van der Waals surface area (Å²) in [4.78, 5) is 45.4. The molecule has 130 valence electrons. The van der Waals surface area contributed by atoms with Gasteiger partial charge in [-0.2, -0.15) is 4.98 Å². The maximum atomic E-state index is 12.2. The van der Waals surface area contributed by atoms with Crippen LogP contribution >= 0.6 is 0 Å². The minimum Gasteiger partial charge on any atom is -0.466 e. The van der Waals surface area contributed by atoms with Crippen LogP contribution in [0.3, 0.4) is 0 Å². The molecule has 1 aliphatic rings. The first-order chi connectivity index (χ1) is 11.4. The van der Waals surface area contributed by atoms with Crippen molar-refractivity contribution >= 4 is 23.1 Å². The third kappa shape index (κ3) is 2.59. The maximum Gasteiger partial charge on any atom is 0.332 e. The van der Waals surface area contributed by atoms with E-state index in [1.54, 1.807) is 14.0 Å². The zero-order chi connectivity index (χ0) is 17.4. The number of aromatic nitrogens is 4. The summed E-state index contributed by atoms with van der Waals surface area (Å²) in [6, 6.07) is 0. The molecule has 0 atom stereocenters. The lowest BCUT2D eigenvalue weighted by Gasteiger charge is -2.30. The highest BCUT2D eigenvalue weighted by Gasteiger charge is 2.27. The fourth-order valence-electron chi connectivity index (χ4n) is 3.05. The van der Waals surface area contributed by atoms with Crippen molar-refractivity contribution in [2.75, 3.05) is 24.6 Å². The van der Waals surface area contributed by atoms with Crippen molar-refractivity contribution in [3.05, 3.63) is 20.8 Å². The monoisotopic (exact) mass is 335 g/mol. The van der Waals surface area contributed by atoms with Gasteiger partial charge in [-0.15, -0.1) is 0 Å². The van der Waals surface area contributed by atoms with Crippen LogP contribution in [0.5, 0.6) is 0 Å². The number of nitrogens with one attached hydrogen (secondary N) is 1. The second-order valence-electron chi connectivity index (χ2n) is 5.98. The van der Waals surface area contributed by atoms with Gasteiger partial charge < -0.3 is 14.6 Å². The van der Waals surface area contributed by atoms with Gasteiger partial charge in [-0.1, -0.05) is 0 Å². The Morgan fingerprint density at radius 3 is 2.54 bits per heavy atom. The minimum atomic E-state index is -0.411. The number of rotatable bonds is 3. The molecule has 0 saturated carbocycles. The average molecular weight is 335 g/mol. The molecule has 1 aliphatic heterocycles. The lowest BCUT2D eigenvalue weighted by molar-refractivity contribution is -0.148. The third-order valence-corrected chi connectivity index (χ3v) is 4.50. The molecule has 1 fully saturated rings. The number of anilines is 1. The molecular formula is C15H21N5O4. The Balaban J connectivity index is 1.86. The maximum absolute atomic E-state index is 12.2. The first kappa shape index (κ1) is 16.3. The largest absolute Gasteiger partial charge is 0.466 e. The van der Waals surface area contributed by atoms with Crippen LogP contribution in [-0.4, -0.2) is 44.8 Å². The summed E-state index contributed by atoms with van der Waals surface area (Å²) < 4.78 is 7.47. The first-order valence-electron chi connectivity index (χ1n) is 8.01. The molecule has 9 nitrogen and oxygen atoms in total. The first-order valence-corrected chi connectivity index (χ1v) is 8.01. The van der Waals surface area contributed by atoms with Gasteiger partial charge in [0.1, 0.15) is 0 Å². The van der Waals surface area contributed by atoms with Gasteiger partial charge in [0.2, 0.25) is 5.95 Å². The molecule has 2 aromatic heterocycles. The molecule has 0 radical (unpaired) electrons. The van der Waals surface area contributed by atoms with Crippen molar-refractivity contribution in [1.82, 2.24) is 19.1 Å². The van der Waals surface area contributed by atoms with Crippen molar-refractivity contribution < 1.29 is 9.53 Å². The normalized spacial score (nSPS) is 15.9. The Labute approximate surface area is 137 Å². The van der Waals surface area contributed by atoms with Crippen molar-refractivity contribution in [1.29, 1.82) is 0 Å². The van der Waals surface area contributed by atoms with E-state index in [1.807, 2.05) is 4.90 Å². The van der Waals surface area contributed by atoms with Crippen molar-refractivity contribution in [2.24, 2.45) is 20.0 Å². The summed E-state index contributed by atoms with van der Waals surface area (Å²) in [5, 5.41) is 0. The molecule has 3 heterocycles. The molecule has 0 aliphatic carbocycles. The van der Waals surface area contributed by atoms with Crippen molar-refractivity contribution in [3.63, 3.8) is 0 Å². The Hall–Kier alpha value is -2.58. The second-order valence-corrected chi connectivity index (χ2v) is 5.98. The molecule has 0 bridgehead atoms. The van der Waals surface area contributed by atoms with Crippen LogP contribution in [0.4, 0.5) is 5.95 Å². The van der Waals surface area contributed by atoms with E-state index >= 15 is 0 Å². The summed E-state index contributed by atoms with van der Waals surface area (Å²) in [7, 11) is 3.02. The number of H-pyrrole nitrogens is 1. The lowest BCUT2D eigenvalue weighted by Crippen LogP contribution is -2.37. The SMILES string of the molecule is CCOC(=O)C1CCN(c2nc3c([nH]2)c(=O)n(C)c(=O)n3C)CC1. The van der Waals surface area contributed by atoms with E-state index in [4.69, 9.17) is 4.74 Å². The van der Waals surface area contributed by atoms with Crippen LogP contribution in [0, 0.1) is 5.92 Å². The molecule has 1 N–H and O–H groups in total. The molecule has 9 heteroatoms. The summed E-state index contributed by atoms with van der Waals surface area (Å²) in [5.41, 5.74) is -0.160. The second kappa shape index (κ2) is 6.14. The number of hydrogen-bond donors (Lipinski definition) is 1. The van der Waals surface area contributed by atoms with Crippen molar-refractivity contribution in [2.45, 2.75) is 19.8 Å². The number of fused-ring (bicyclic) bond motifs is 1. The predicted molar refractivity (Wildman–Crippen MR) is 88.1 cm³/mol. The lowest BCUT2D eigenvalue weighted by atomic mass is 9.97. The number of carbonyl (C=O) groups excluding carboxylic acids is 1. The van der Waals surface area contributed by atoms with Crippen molar-refractivity contribution in [3.8, 4) is 0 Å². The Kier molecular flexibility index (Phi) is 4.16. The summed E-state index contributed by atoms with van der Waals surface area (Å²) in [5.74, 6) is 0.298. The van der Waals surface area contributed by atoms with Crippen LogP contribution in [0.15, 0.2) is 9.59 Å². The predicted octanol–water partition coefficient (Wildman–Crippen LogP) is -0.260. The van der Waals surface area contributed by atoms with Crippen LogP contribution < -0.4 is 16.1 Å². The fourth-order valence-corrected chi connectivity index (χ4v) is 3.05. The summed E-state index contributed by atoms with van der Waals surface area (Å²) in [6.07, 6.45) is 1.35. The number of aryl methyl sites for hydroxylation is 1. The Morgan fingerprint density at radius 2 is 1.92 bits per heavy atom. The molecular weight excluding hydrogens is 314 g/mol. The molecule has 0 spiro atoms. The number of carbonyl (C=O) groups is 1. The van der Waals surface area contributed by atoms with Crippen LogP contribution in [0.2, 0.25) is 0 Å². The summed E-state index contributed by atoms with van der Waals surface area (Å²) in [6.45, 7) is 3.46. The topological polar surface area (TPSA) is 102 Å². The van der Waals surface area contributed by atoms with Gasteiger partial charge in [-0.25, -0.2) is 4.79 Å². The van der Waals surface area contributed by atoms with E-state index < -0.39 is 11.2 Å². The number of nitrogens with zero attached hydrogens (tertiary/aromatic N) is 4. The molecule has 3 rings (SSSR count). The van der Waals surface area contributed by atoms with Gasteiger partial charge in [0.05, 0.1) is 12.5 Å². The Bertz CT molecular complexity index is 886. The van der Waals surface area contributed by atoms with E-state index in [0.29, 0.717) is 49.7 Å². The third-order valence-electron chi connectivity index (χ3n) is 4.50. The Morgan fingerprint density at radius 1 is 1.25 bits per heavy atom. The van der Waals surface area contributed by atoms with Gasteiger partial charge in [-0.05, 0) is 19.8 Å².